The SMILES string of the molecule is CCNS(=O)(=O)c1ccc(/C=C\C(=O)N(C)CCC#N)cc1. The highest BCUT2D eigenvalue weighted by molar-refractivity contribution is 7.89. The van der Waals surface area contributed by atoms with Crippen LogP contribution in [-0.2, 0) is 14.8 Å². The van der Waals surface area contributed by atoms with Crippen molar-refractivity contribution in [2.24, 2.45) is 0 Å². The van der Waals surface area contributed by atoms with Gasteiger partial charge in [-0.1, -0.05) is 19.1 Å². The van der Waals surface area contributed by atoms with Crippen LogP contribution in [0, 0.1) is 11.3 Å². The molecule has 0 fully saturated rings. The van der Waals surface area contributed by atoms with E-state index in [4.69, 9.17) is 5.26 Å². The molecule has 0 unspecified atom stereocenters. The lowest BCUT2D eigenvalue weighted by atomic mass is 10.2. The number of nitrogens with zero attached hydrogens (tertiary/aromatic N) is 2. The van der Waals surface area contributed by atoms with Gasteiger partial charge in [0.25, 0.3) is 0 Å². The van der Waals surface area contributed by atoms with E-state index in [0.717, 1.165) is 5.56 Å². The maximum absolute atomic E-state index is 11.8. The molecule has 7 heteroatoms. The third-order valence-electron chi connectivity index (χ3n) is 2.88. The first kappa shape index (κ1) is 17.9. The summed E-state index contributed by atoms with van der Waals surface area (Å²) in [6, 6.07) is 8.21. The first-order chi connectivity index (χ1) is 10.4. The van der Waals surface area contributed by atoms with Crippen LogP contribution in [0.15, 0.2) is 35.2 Å². The average molecular weight is 321 g/mol. The Morgan fingerprint density at radius 2 is 2.00 bits per heavy atom. The van der Waals surface area contributed by atoms with E-state index in [1.54, 1.807) is 32.2 Å². The Kier molecular flexibility index (Phi) is 6.76. The highest BCUT2D eigenvalue weighted by Gasteiger charge is 2.11. The Bertz CT molecular complexity index is 673. The van der Waals surface area contributed by atoms with Crippen molar-refractivity contribution in [3.05, 3.63) is 35.9 Å². The number of rotatable bonds is 7. The summed E-state index contributed by atoms with van der Waals surface area (Å²) in [4.78, 5) is 13.4. The monoisotopic (exact) mass is 321 g/mol. The fourth-order valence-electron chi connectivity index (χ4n) is 1.65. The van der Waals surface area contributed by atoms with Gasteiger partial charge in [-0.25, -0.2) is 13.1 Å². The van der Waals surface area contributed by atoms with E-state index in [2.05, 4.69) is 4.72 Å². The minimum atomic E-state index is -3.46. The molecule has 6 nitrogen and oxygen atoms in total. The number of amides is 1. The second kappa shape index (κ2) is 8.32. The van der Waals surface area contributed by atoms with Crippen molar-refractivity contribution in [1.82, 2.24) is 9.62 Å². The highest BCUT2D eigenvalue weighted by Crippen LogP contribution is 2.11. The van der Waals surface area contributed by atoms with E-state index in [9.17, 15) is 13.2 Å². The van der Waals surface area contributed by atoms with Crippen LogP contribution >= 0.6 is 0 Å². The van der Waals surface area contributed by atoms with Gasteiger partial charge < -0.3 is 4.90 Å². The largest absolute Gasteiger partial charge is 0.341 e. The molecule has 118 valence electrons. The van der Waals surface area contributed by atoms with Crippen LogP contribution in [0.3, 0.4) is 0 Å². The fourth-order valence-corrected chi connectivity index (χ4v) is 2.70. The van der Waals surface area contributed by atoms with Gasteiger partial charge >= 0.3 is 0 Å². The normalized spacial score (nSPS) is 11.3. The number of hydrogen-bond donors (Lipinski definition) is 1. The van der Waals surface area contributed by atoms with Crippen LogP contribution in [0.25, 0.3) is 6.08 Å². The molecule has 1 rings (SSSR count). The third-order valence-corrected chi connectivity index (χ3v) is 4.44. The second-order valence-electron chi connectivity index (χ2n) is 4.57. The molecule has 0 aliphatic carbocycles. The smallest absolute Gasteiger partial charge is 0.246 e. The number of hydrogen-bond acceptors (Lipinski definition) is 4. The van der Waals surface area contributed by atoms with Gasteiger partial charge in [0.15, 0.2) is 0 Å². The average Bonchev–Trinajstić information content (AvgIpc) is 2.50. The lowest BCUT2D eigenvalue weighted by molar-refractivity contribution is -0.124. The molecule has 0 atom stereocenters. The molecule has 1 aromatic carbocycles. The predicted molar refractivity (Wildman–Crippen MR) is 84.2 cm³/mol. The van der Waals surface area contributed by atoms with Crippen molar-refractivity contribution < 1.29 is 13.2 Å². The molecule has 1 amide bonds. The Labute approximate surface area is 131 Å². The number of likely N-dealkylation sites (N-methyl/N-ethyl adjacent to an activating group) is 1. The summed E-state index contributed by atoms with van der Waals surface area (Å²) in [5.41, 5.74) is 0.720. The molecule has 0 saturated carbocycles. The van der Waals surface area contributed by atoms with E-state index in [1.807, 2.05) is 6.07 Å². The van der Waals surface area contributed by atoms with Gasteiger partial charge in [-0.3, -0.25) is 4.79 Å². The number of sulfonamides is 1. The molecule has 1 aromatic rings. The Morgan fingerprint density at radius 3 is 2.55 bits per heavy atom. The second-order valence-corrected chi connectivity index (χ2v) is 6.34. The third kappa shape index (κ3) is 5.31. The van der Waals surface area contributed by atoms with Crippen LogP contribution in [0.4, 0.5) is 0 Å². The molecule has 22 heavy (non-hydrogen) atoms. The molecule has 0 bridgehead atoms. The zero-order valence-electron chi connectivity index (χ0n) is 12.6. The maximum Gasteiger partial charge on any atom is 0.246 e. The Hall–Kier alpha value is -2.17. The van der Waals surface area contributed by atoms with Gasteiger partial charge in [-0.15, -0.1) is 0 Å². The minimum Gasteiger partial charge on any atom is -0.341 e. The van der Waals surface area contributed by atoms with Crippen molar-refractivity contribution in [2.45, 2.75) is 18.2 Å². The summed E-state index contributed by atoms with van der Waals surface area (Å²) >= 11 is 0. The van der Waals surface area contributed by atoms with Gasteiger partial charge in [-0.05, 0) is 23.8 Å². The molecule has 0 spiro atoms. The zero-order chi connectivity index (χ0) is 16.6. The number of carbonyl (C=O) groups is 1. The van der Waals surface area contributed by atoms with Crippen LogP contribution in [-0.4, -0.2) is 39.4 Å². The van der Waals surface area contributed by atoms with E-state index in [0.29, 0.717) is 13.1 Å². The predicted octanol–water partition coefficient (Wildman–Crippen LogP) is 1.37. The van der Waals surface area contributed by atoms with E-state index < -0.39 is 10.0 Å². The summed E-state index contributed by atoms with van der Waals surface area (Å²) in [7, 11) is -1.84. The van der Waals surface area contributed by atoms with Crippen molar-refractivity contribution in [3.63, 3.8) is 0 Å². The fraction of sp³-hybridized carbons (Fsp3) is 0.333. The van der Waals surface area contributed by atoms with E-state index >= 15 is 0 Å². The molecular formula is C15H19N3O3S. The lowest BCUT2D eigenvalue weighted by Gasteiger charge is -2.12. The summed E-state index contributed by atoms with van der Waals surface area (Å²) in [5.74, 6) is -0.209. The van der Waals surface area contributed by atoms with Gasteiger partial charge in [-0.2, -0.15) is 5.26 Å². The maximum atomic E-state index is 11.8. The summed E-state index contributed by atoms with van der Waals surface area (Å²) in [5, 5.41) is 8.47. The number of nitrogens with one attached hydrogen (secondary N) is 1. The topological polar surface area (TPSA) is 90.3 Å². The van der Waals surface area contributed by atoms with Gasteiger partial charge in [0.2, 0.25) is 15.9 Å². The van der Waals surface area contributed by atoms with Crippen molar-refractivity contribution in [2.75, 3.05) is 20.1 Å². The zero-order valence-corrected chi connectivity index (χ0v) is 13.4. The lowest BCUT2D eigenvalue weighted by Crippen LogP contribution is -2.25. The Morgan fingerprint density at radius 1 is 1.36 bits per heavy atom. The van der Waals surface area contributed by atoms with Crippen LogP contribution in [0.2, 0.25) is 0 Å². The van der Waals surface area contributed by atoms with Crippen LogP contribution in [0.5, 0.6) is 0 Å². The molecule has 0 saturated heterocycles. The van der Waals surface area contributed by atoms with Gasteiger partial charge in [0.05, 0.1) is 17.4 Å². The van der Waals surface area contributed by atoms with Gasteiger partial charge in [0.1, 0.15) is 0 Å². The minimum absolute atomic E-state index is 0.184. The van der Waals surface area contributed by atoms with Crippen LogP contribution < -0.4 is 4.72 Å². The summed E-state index contributed by atoms with van der Waals surface area (Å²) in [6.07, 6.45) is 3.28. The molecule has 1 N–H and O–H groups in total. The number of carbonyl (C=O) groups excluding carboxylic acids is 1. The van der Waals surface area contributed by atoms with E-state index in [-0.39, 0.29) is 17.2 Å². The van der Waals surface area contributed by atoms with Crippen molar-refractivity contribution in [1.29, 1.82) is 5.26 Å². The number of benzene rings is 1. The molecule has 0 aromatic heterocycles. The molecule has 0 heterocycles. The molecule has 0 aliphatic heterocycles. The van der Waals surface area contributed by atoms with Crippen LogP contribution in [0.1, 0.15) is 18.9 Å². The molecular weight excluding hydrogens is 302 g/mol. The van der Waals surface area contributed by atoms with Gasteiger partial charge in [0, 0.05) is 26.2 Å². The molecule has 0 radical (unpaired) electrons. The van der Waals surface area contributed by atoms with Crippen molar-refractivity contribution >= 4 is 22.0 Å². The number of nitriles is 1. The summed E-state index contributed by atoms with van der Waals surface area (Å²) in [6.45, 7) is 2.41. The molecule has 0 aliphatic rings. The van der Waals surface area contributed by atoms with Crippen molar-refractivity contribution in [3.8, 4) is 6.07 Å². The Balaban J connectivity index is 2.74. The summed E-state index contributed by atoms with van der Waals surface area (Å²) < 4.78 is 26.0. The van der Waals surface area contributed by atoms with E-state index in [1.165, 1.54) is 23.1 Å². The highest BCUT2D eigenvalue weighted by atomic mass is 32.2. The first-order valence-corrected chi connectivity index (χ1v) is 8.29. The first-order valence-electron chi connectivity index (χ1n) is 6.80. The standard InChI is InChI=1S/C15H19N3O3S/c1-3-17-22(20,21)14-8-5-13(6-9-14)7-10-15(19)18(2)12-4-11-16/h5-10,17H,3-4,12H2,1-2H3/b10-7-. The quantitative estimate of drug-likeness (QED) is 0.768.